The average molecular weight is 208 g/mol. The minimum absolute atomic E-state index is 0.423. The molecule has 2 aromatic rings. The first-order valence-electron chi connectivity index (χ1n) is 4.01. The van der Waals surface area contributed by atoms with Crippen LogP contribution in [-0.4, -0.2) is 7.11 Å². The highest BCUT2D eigenvalue weighted by atomic mass is 32.1. The van der Waals surface area contributed by atoms with Crippen LogP contribution < -0.4 is 10.4 Å². The van der Waals surface area contributed by atoms with Crippen LogP contribution in [0.3, 0.4) is 0 Å². The Morgan fingerprint density at radius 2 is 2.14 bits per heavy atom. The lowest BCUT2D eigenvalue weighted by molar-refractivity contribution is 0.413. The normalized spacial score (nSPS) is 10.4. The Kier molecular flexibility index (Phi) is 2.21. The monoisotopic (exact) mass is 208 g/mol. The fourth-order valence-electron chi connectivity index (χ4n) is 1.29. The fraction of sp³-hybridized carbons (Fsp3) is 0.100. The second-order valence-electron chi connectivity index (χ2n) is 2.81. The molecule has 1 aromatic heterocycles. The summed E-state index contributed by atoms with van der Waals surface area (Å²) in [6, 6.07) is 6.62. The molecule has 1 aromatic carbocycles. The molecule has 4 heteroatoms. The van der Waals surface area contributed by atoms with Crippen LogP contribution in [0.1, 0.15) is 0 Å². The van der Waals surface area contributed by atoms with Crippen molar-refractivity contribution in [2.75, 3.05) is 7.11 Å². The van der Waals surface area contributed by atoms with Gasteiger partial charge in [0.2, 0.25) is 0 Å². The lowest BCUT2D eigenvalue weighted by Crippen LogP contribution is -1.98. The Morgan fingerprint density at radius 3 is 2.86 bits per heavy atom. The van der Waals surface area contributed by atoms with Gasteiger partial charge in [0.15, 0.2) is 0 Å². The van der Waals surface area contributed by atoms with Crippen LogP contribution in [0, 0.1) is 0 Å². The Balaban J connectivity index is 2.87. The molecular formula is C10H8O3S. The van der Waals surface area contributed by atoms with Crippen LogP contribution in [0.2, 0.25) is 0 Å². The zero-order valence-corrected chi connectivity index (χ0v) is 8.38. The number of rotatable bonds is 1. The highest BCUT2D eigenvalue weighted by molar-refractivity contribution is 7.80. The van der Waals surface area contributed by atoms with Crippen molar-refractivity contribution in [3.63, 3.8) is 0 Å². The van der Waals surface area contributed by atoms with Gasteiger partial charge < -0.3 is 9.15 Å². The first-order valence-corrected chi connectivity index (χ1v) is 4.46. The van der Waals surface area contributed by atoms with E-state index in [1.165, 1.54) is 13.2 Å². The highest BCUT2D eigenvalue weighted by Gasteiger charge is 2.05. The maximum atomic E-state index is 11.1. The molecule has 0 unspecified atom stereocenters. The number of benzene rings is 1. The zero-order valence-electron chi connectivity index (χ0n) is 7.48. The van der Waals surface area contributed by atoms with E-state index in [9.17, 15) is 4.79 Å². The standard InChI is InChI=1S/C10H8O3S/c1-12-8-5-10(11)13-9-4-6(14)2-3-7(8)9/h2-5,14H,1H3. The lowest BCUT2D eigenvalue weighted by Gasteiger charge is -2.03. The molecule has 0 radical (unpaired) electrons. The van der Waals surface area contributed by atoms with Crippen LogP contribution in [0.4, 0.5) is 0 Å². The van der Waals surface area contributed by atoms with E-state index in [-0.39, 0.29) is 0 Å². The number of methoxy groups -OCH3 is 1. The minimum atomic E-state index is -0.423. The predicted molar refractivity (Wildman–Crippen MR) is 56.3 cm³/mol. The van der Waals surface area contributed by atoms with Gasteiger partial charge in [0, 0.05) is 4.90 Å². The fourth-order valence-corrected chi connectivity index (χ4v) is 1.48. The molecule has 0 saturated heterocycles. The maximum Gasteiger partial charge on any atom is 0.339 e. The molecule has 0 amide bonds. The first kappa shape index (κ1) is 9.15. The van der Waals surface area contributed by atoms with Crippen LogP contribution >= 0.6 is 12.6 Å². The Morgan fingerprint density at radius 1 is 1.36 bits per heavy atom. The van der Waals surface area contributed by atoms with Gasteiger partial charge >= 0.3 is 5.63 Å². The van der Waals surface area contributed by atoms with E-state index < -0.39 is 5.63 Å². The highest BCUT2D eigenvalue weighted by Crippen LogP contribution is 2.25. The third kappa shape index (κ3) is 1.48. The number of fused-ring (bicyclic) bond motifs is 1. The van der Waals surface area contributed by atoms with Crippen molar-refractivity contribution in [1.82, 2.24) is 0 Å². The molecule has 0 aliphatic heterocycles. The summed E-state index contributed by atoms with van der Waals surface area (Å²) in [5.74, 6) is 0.518. The van der Waals surface area contributed by atoms with Crippen molar-refractivity contribution in [2.45, 2.75) is 4.90 Å². The van der Waals surface area contributed by atoms with Crippen LogP contribution in [-0.2, 0) is 0 Å². The summed E-state index contributed by atoms with van der Waals surface area (Å²) in [7, 11) is 1.52. The van der Waals surface area contributed by atoms with E-state index in [4.69, 9.17) is 9.15 Å². The molecule has 1 heterocycles. The van der Waals surface area contributed by atoms with E-state index in [2.05, 4.69) is 12.6 Å². The molecule has 0 bridgehead atoms. The number of thiol groups is 1. The van der Waals surface area contributed by atoms with Crippen molar-refractivity contribution >= 4 is 23.6 Å². The molecule has 72 valence electrons. The zero-order chi connectivity index (χ0) is 10.1. The molecule has 2 rings (SSSR count). The smallest absolute Gasteiger partial charge is 0.339 e. The van der Waals surface area contributed by atoms with Crippen molar-refractivity contribution in [3.8, 4) is 5.75 Å². The molecule has 0 saturated carbocycles. The Bertz CT molecular complexity index is 530. The van der Waals surface area contributed by atoms with Gasteiger partial charge in [-0.2, -0.15) is 0 Å². The first-order chi connectivity index (χ1) is 6.70. The molecule has 0 N–H and O–H groups in total. The van der Waals surface area contributed by atoms with E-state index in [0.29, 0.717) is 11.3 Å². The topological polar surface area (TPSA) is 39.4 Å². The van der Waals surface area contributed by atoms with Gasteiger partial charge in [-0.15, -0.1) is 12.6 Å². The van der Waals surface area contributed by atoms with Crippen molar-refractivity contribution in [3.05, 3.63) is 34.7 Å². The Hall–Kier alpha value is -1.42. The second-order valence-corrected chi connectivity index (χ2v) is 3.33. The van der Waals surface area contributed by atoms with Gasteiger partial charge in [-0.1, -0.05) is 0 Å². The molecule has 14 heavy (non-hydrogen) atoms. The number of hydrogen-bond acceptors (Lipinski definition) is 4. The van der Waals surface area contributed by atoms with Crippen LogP contribution in [0.5, 0.6) is 5.75 Å². The molecule has 0 atom stereocenters. The van der Waals surface area contributed by atoms with Gasteiger partial charge in [-0.25, -0.2) is 4.79 Å². The minimum Gasteiger partial charge on any atom is -0.496 e. The van der Waals surface area contributed by atoms with E-state index in [1.807, 2.05) is 6.07 Å². The SMILES string of the molecule is COc1cc(=O)oc2cc(S)ccc12. The molecule has 0 fully saturated rings. The lowest BCUT2D eigenvalue weighted by atomic mass is 10.2. The largest absolute Gasteiger partial charge is 0.496 e. The van der Waals surface area contributed by atoms with Crippen molar-refractivity contribution in [1.29, 1.82) is 0 Å². The third-order valence-electron chi connectivity index (χ3n) is 1.91. The van der Waals surface area contributed by atoms with Gasteiger partial charge in [-0.3, -0.25) is 0 Å². The van der Waals surface area contributed by atoms with Gasteiger partial charge in [0.05, 0.1) is 18.6 Å². The summed E-state index contributed by atoms with van der Waals surface area (Å²) < 4.78 is 10.1. The molecule has 3 nitrogen and oxygen atoms in total. The summed E-state index contributed by atoms with van der Waals surface area (Å²) in [6.07, 6.45) is 0. The van der Waals surface area contributed by atoms with Gasteiger partial charge in [0.1, 0.15) is 11.3 Å². The number of ether oxygens (including phenoxy) is 1. The van der Waals surface area contributed by atoms with Crippen molar-refractivity contribution < 1.29 is 9.15 Å². The molecule has 0 spiro atoms. The second kappa shape index (κ2) is 3.38. The molecular weight excluding hydrogens is 200 g/mol. The summed E-state index contributed by atoms with van der Waals surface area (Å²) in [5, 5.41) is 0.768. The van der Waals surface area contributed by atoms with Gasteiger partial charge in [0.25, 0.3) is 0 Å². The molecule has 0 aliphatic carbocycles. The van der Waals surface area contributed by atoms with E-state index in [0.717, 1.165) is 10.3 Å². The summed E-state index contributed by atoms with van der Waals surface area (Å²) >= 11 is 4.16. The Labute approximate surface area is 85.7 Å². The predicted octanol–water partition coefficient (Wildman–Crippen LogP) is 2.09. The van der Waals surface area contributed by atoms with Crippen molar-refractivity contribution in [2.24, 2.45) is 0 Å². The summed E-state index contributed by atoms with van der Waals surface area (Å²) in [5.41, 5.74) is 0.0649. The van der Waals surface area contributed by atoms with Crippen LogP contribution in [0.25, 0.3) is 11.0 Å². The summed E-state index contributed by atoms with van der Waals surface area (Å²) in [6.45, 7) is 0. The third-order valence-corrected chi connectivity index (χ3v) is 2.19. The summed E-state index contributed by atoms with van der Waals surface area (Å²) in [4.78, 5) is 11.8. The maximum absolute atomic E-state index is 11.1. The van der Waals surface area contributed by atoms with E-state index in [1.54, 1.807) is 12.1 Å². The number of hydrogen-bond donors (Lipinski definition) is 1. The molecule has 0 aliphatic rings. The average Bonchev–Trinajstić information content (AvgIpc) is 2.15. The van der Waals surface area contributed by atoms with Gasteiger partial charge in [-0.05, 0) is 18.2 Å². The van der Waals surface area contributed by atoms with E-state index >= 15 is 0 Å². The quantitative estimate of drug-likeness (QED) is 0.576. The van der Waals surface area contributed by atoms with Crippen LogP contribution in [0.15, 0.2) is 38.4 Å².